The summed E-state index contributed by atoms with van der Waals surface area (Å²) in [5, 5.41) is -0.256. The average Bonchev–Trinajstić information content (AvgIpc) is 2.29. The van der Waals surface area contributed by atoms with Crippen LogP contribution in [0.5, 0.6) is 0 Å². The summed E-state index contributed by atoms with van der Waals surface area (Å²) < 4.78 is 38.0. The molecule has 0 unspecified atom stereocenters. The van der Waals surface area contributed by atoms with Gasteiger partial charge in [-0.3, -0.25) is 0 Å². The summed E-state index contributed by atoms with van der Waals surface area (Å²) >= 11 is 5.57. The molecule has 0 aliphatic carbocycles. The highest BCUT2D eigenvalue weighted by Gasteiger charge is 2.33. The van der Waals surface area contributed by atoms with Crippen molar-refractivity contribution in [2.45, 2.75) is 12.6 Å². The summed E-state index contributed by atoms with van der Waals surface area (Å²) in [6.45, 7) is 1.37. The van der Waals surface area contributed by atoms with E-state index in [1.807, 2.05) is 17.1 Å². The Morgan fingerprint density at radius 2 is 1.94 bits per heavy atom. The molecule has 1 aromatic rings. The molecule has 1 aliphatic rings. The molecule has 0 amide bonds. The van der Waals surface area contributed by atoms with E-state index >= 15 is 0 Å². The van der Waals surface area contributed by atoms with Crippen LogP contribution in [0.15, 0.2) is 30.4 Å². The summed E-state index contributed by atoms with van der Waals surface area (Å²) in [6.07, 6.45) is 0.422. The second-order valence-corrected chi connectivity index (χ2v) is 4.28. The van der Waals surface area contributed by atoms with Gasteiger partial charge in [0.2, 0.25) is 0 Å². The maximum absolute atomic E-state index is 12.7. The summed E-state index contributed by atoms with van der Waals surface area (Å²) in [5.41, 5.74) is -0.211. The predicted octanol–water partition coefficient (Wildman–Crippen LogP) is 4.13. The monoisotopic (exact) mass is 261 g/mol. The van der Waals surface area contributed by atoms with Gasteiger partial charge in [0.15, 0.2) is 0 Å². The smallest absolute Gasteiger partial charge is 0.367 e. The first-order chi connectivity index (χ1) is 7.98. The Labute approximate surface area is 102 Å². The van der Waals surface area contributed by atoms with Gasteiger partial charge in [0.1, 0.15) is 0 Å². The summed E-state index contributed by atoms with van der Waals surface area (Å²) in [4.78, 5) is 1.89. The largest absolute Gasteiger partial charge is 0.417 e. The lowest BCUT2D eigenvalue weighted by molar-refractivity contribution is -0.137. The molecule has 1 heterocycles. The van der Waals surface area contributed by atoms with Crippen LogP contribution >= 0.6 is 11.6 Å². The molecule has 0 fully saturated rings. The quantitative estimate of drug-likeness (QED) is 0.687. The van der Waals surface area contributed by atoms with E-state index in [9.17, 15) is 13.2 Å². The fraction of sp³-hybridized carbons (Fsp3) is 0.333. The van der Waals surface area contributed by atoms with Gasteiger partial charge in [-0.05, 0) is 24.6 Å². The van der Waals surface area contributed by atoms with Crippen LogP contribution in [-0.4, -0.2) is 13.1 Å². The second-order valence-electron chi connectivity index (χ2n) is 3.87. The Bertz CT molecular complexity index is 440. The van der Waals surface area contributed by atoms with E-state index < -0.39 is 11.7 Å². The number of nitrogens with zero attached hydrogens (tertiary/aromatic N) is 1. The van der Waals surface area contributed by atoms with Crippen molar-refractivity contribution in [3.05, 3.63) is 40.9 Å². The number of rotatable bonds is 1. The lowest BCUT2D eigenvalue weighted by Gasteiger charge is -2.26. The molecule has 1 aliphatic heterocycles. The average molecular weight is 262 g/mol. The molecular weight excluding hydrogens is 251 g/mol. The van der Waals surface area contributed by atoms with Crippen LogP contribution in [0.2, 0.25) is 5.02 Å². The molecular formula is C12H11ClF3N. The summed E-state index contributed by atoms with van der Waals surface area (Å²) in [5.74, 6) is 0. The standard InChI is InChI=1S/C12H11ClF3N/c13-11-5-4-9(8-10(11)12(14,15)16)17-6-2-1-3-7-17/h1-2,4-5,8H,3,6-7H2. The summed E-state index contributed by atoms with van der Waals surface area (Å²) in [7, 11) is 0. The Morgan fingerprint density at radius 3 is 2.53 bits per heavy atom. The Hall–Kier alpha value is -1.16. The van der Waals surface area contributed by atoms with E-state index in [1.165, 1.54) is 6.07 Å². The van der Waals surface area contributed by atoms with Gasteiger partial charge < -0.3 is 4.90 Å². The molecule has 0 saturated carbocycles. The minimum Gasteiger partial charge on any atom is -0.367 e. The Balaban J connectivity index is 2.34. The topological polar surface area (TPSA) is 3.24 Å². The van der Waals surface area contributed by atoms with Gasteiger partial charge in [-0.15, -0.1) is 0 Å². The van der Waals surface area contributed by atoms with Gasteiger partial charge in [0, 0.05) is 18.8 Å². The molecule has 1 nitrogen and oxygen atoms in total. The molecule has 2 rings (SSSR count). The fourth-order valence-corrected chi connectivity index (χ4v) is 2.03. The van der Waals surface area contributed by atoms with E-state index in [0.717, 1.165) is 19.0 Å². The van der Waals surface area contributed by atoms with Crippen molar-refractivity contribution in [3.63, 3.8) is 0 Å². The predicted molar refractivity (Wildman–Crippen MR) is 62.4 cm³/mol. The molecule has 0 bridgehead atoms. The molecule has 0 atom stereocenters. The van der Waals surface area contributed by atoms with Crippen molar-refractivity contribution in [2.75, 3.05) is 18.0 Å². The second kappa shape index (κ2) is 4.61. The zero-order valence-corrected chi connectivity index (χ0v) is 9.72. The van der Waals surface area contributed by atoms with E-state index in [1.54, 1.807) is 6.07 Å². The lowest BCUT2D eigenvalue weighted by atomic mass is 10.1. The van der Waals surface area contributed by atoms with Crippen LogP contribution in [0.1, 0.15) is 12.0 Å². The van der Waals surface area contributed by atoms with Crippen molar-refractivity contribution in [3.8, 4) is 0 Å². The number of alkyl halides is 3. The van der Waals surface area contributed by atoms with Crippen molar-refractivity contribution in [1.29, 1.82) is 0 Å². The highest BCUT2D eigenvalue weighted by molar-refractivity contribution is 6.31. The van der Waals surface area contributed by atoms with E-state index in [-0.39, 0.29) is 5.02 Å². The third-order valence-electron chi connectivity index (χ3n) is 2.68. The van der Waals surface area contributed by atoms with Crippen molar-refractivity contribution >= 4 is 17.3 Å². The molecule has 0 aromatic heterocycles. The molecule has 17 heavy (non-hydrogen) atoms. The van der Waals surface area contributed by atoms with Crippen LogP contribution in [0.25, 0.3) is 0 Å². The molecule has 5 heteroatoms. The molecule has 0 spiro atoms. The van der Waals surface area contributed by atoms with Crippen LogP contribution in [0.4, 0.5) is 18.9 Å². The van der Waals surface area contributed by atoms with Crippen molar-refractivity contribution in [1.82, 2.24) is 0 Å². The first kappa shape index (κ1) is 12.3. The third-order valence-corrected chi connectivity index (χ3v) is 3.01. The van der Waals surface area contributed by atoms with Crippen molar-refractivity contribution < 1.29 is 13.2 Å². The summed E-state index contributed by atoms with van der Waals surface area (Å²) in [6, 6.07) is 4.04. The van der Waals surface area contributed by atoms with Crippen LogP contribution in [0, 0.1) is 0 Å². The zero-order chi connectivity index (χ0) is 12.5. The number of anilines is 1. The third kappa shape index (κ3) is 2.75. The highest BCUT2D eigenvalue weighted by Crippen LogP contribution is 2.37. The zero-order valence-electron chi connectivity index (χ0n) is 8.97. The van der Waals surface area contributed by atoms with Gasteiger partial charge in [-0.25, -0.2) is 0 Å². The van der Waals surface area contributed by atoms with Crippen LogP contribution < -0.4 is 4.90 Å². The maximum Gasteiger partial charge on any atom is 0.417 e. The van der Waals surface area contributed by atoms with Crippen LogP contribution in [-0.2, 0) is 6.18 Å². The minimum atomic E-state index is -4.40. The van der Waals surface area contributed by atoms with Crippen LogP contribution in [0.3, 0.4) is 0 Å². The molecule has 0 saturated heterocycles. The highest BCUT2D eigenvalue weighted by atomic mass is 35.5. The Kier molecular flexibility index (Phi) is 3.33. The van der Waals surface area contributed by atoms with E-state index in [2.05, 4.69) is 0 Å². The molecule has 0 N–H and O–H groups in total. The number of benzene rings is 1. The maximum atomic E-state index is 12.7. The van der Waals surface area contributed by atoms with Gasteiger partial charge >= 0.3 is 6.18 Å². The number of halogens is 4. The number of hydrogen-bond donors (Lipinski definition) is 0. The van der Waals surface area contributed by atoms with Gasteiger partial charge in [0.25, 0.3) is 0 Å². The van der Waals surface area contributed by atoms with E-state index in [4.69, 9.17) is 11.6 Å². The normalized spacial score (nSPS) is 16.4. The molecule has 1 aromatic carbocycles. The molecule has 0 radical (unpaired) electrons. The van der Waals surface area contributed by atoms with E-state index in [0.29, 0.717) is 12.2 Å². The van der Waals surface area contributed by atoms with Crippen molar-refractivity contribution in [2.24, 2.45) is 0 Å². The molecule has 92 valence electrons. The van der Waals surface area contributed by atoms with Gasteiger partial charge in [0.05, 0.1) is 10.6 Å². The lowest BCUT2D eigenvalue weighted by Crippen LogP contribution is -2.27. The Morgan fingerprint density at radius 1 is 1.18 bits per heavy atom. The van der Waals surface area contributed by atoms with Gasteiger partial charge in [-0.2, -0.15) is 13.2 Å². The first-order valence-electron chi connectivity index (χ1n) is 5.25. The SMILES string of the molecule is FC(F)(F)c1cc(N2CC=CCC2)ccc1Cl. The first-order valence-corrected chi connectivity index (χ1v) is 5.63. The van der Waals surface area contributed by atoms with Gasteiger partial charge in [-0.1, -0.05) is 23.8 Å². The minimum absolute atomic E-state index is 0.256. The fourth-order valence-electron chi connectivity index (χ4n) is 1.80. The number of hydrogen-bond acceptors (Lipinski definition) is 1.